The molecule has 21 heavy (non-hydrogen) atoms. The average molecular weight is 291 g/mol. The summed E-state index contributed by atoms with van der Waals surface area (Å²) in [6.07, 6.45) is 7.19. The molecule has 0 spiro atoms. The lowest BCUT2D eigenvalue weighted by molar-refractivity contribution is 0.143. The second-order valence-electron chi connectivity index (χ2n) is 6.23. The summed E-state index contributed by atoms with van der Waals surface area (Å²) in [5.74, 6) is 1.78. The van der Waals surface area contributed by atoms with Crippen LogP contribution in [0, 0.1) is 5.92 Å². The second kappa shape index (κ2) is 7.81. The Labute approximate surface area is 128 Å². The van der Waals surface area contributed by atoms with E-state index >= 15 is 0 Å². The van der Waals surface area contributed by atoms with E-state index in [1.54, 1.807) is 7.11 Å². The molecule has 3 heteroatoms. The molecule has 1 aliphatic rings. The highest BCUT2D eigenvalue weighted by molar-refractivity contribution is 5.39. The maximum Gasteiger partial charge on any atom is 0.124 e. The van der Waals surface area contributed by atoms with E-state index in [4.69, 9.17) is 15.2 Å². The van der Waals surface area contributed by atoms with Gasteiger partial charge in [-0.3, -0.25) is 0 Å². The Bertz CT molecular complexity index is 425. The Hall–Kier alpha value is -1.06. The molecule has 1 aromatic rings. The molecule has 0 aromatic heterocycles. The summed E-state index contributed by atoms with van der Waals surface area (Å²) in [5.41, 5.74) is 7.67. The van der Waals surface area contributed by atoms with E-state index in [-0.39, 0.29) is 5.54 Å². The zero-order valence-corrected chi connectivity index (χ0v) is 13.4. The third-order valence-electron chi connectivity index (χ3n) is 4.66. The Morgan fingerprint density at radius 3 is 2.57 bits per heavy atom. The maximum atomic E-state index is 6.73. The van der Waals surface area contributed by atoms with Gasteiger partial charge in [0.1, 0.15) is 12.4 Å². The van der Waals surface area contributed by atoms with Crippen LogP contribution in [0.2, 0.25) is 0 Å². The minimum atomic E-state index is -0.228. The topological polar surface area (TPSA) is 44.5 Å². The fourth-order valence-electron chi connectivity index (χ4n) is 3.40. The van der Waals surface area contributed by atoms with Gasteiger partial charge in [-0.05, 0) is 37.7 Å². The molecule has 1 aromatic carbocycles. The number of para-hydroxylation sites is 1. The summed E-state index contributed by atoms with van der Waals surface area (Å²) in [4.78, 5) is 0. The van der Waals surface area contributed by atoms with Gasteiger partial charge in [0.25, 0.3) is 0 Å². The zero-order chi connectivity index (χ0) is 15.1. The number of hydrogen-bond donors (Lipinski definition) is 1. The third-order valence-corrected chi connectivity index (χ3v) is 4.66. The molecule has 0 heterocycles. The molecule has 2 N–H and O–H groups in total. The maximum absolute atomic E-state index is 6.73. The minimum Gasteiger partial charge on any atom is -0.491 e. The molecule has 0 radical (unpaired) electrons. The first-order valence-corrected chi connectivity index (χ1v) is 8.19. The lowest BCUT2D eigenvalue weighted by Gasteiger charge is -2.38. The van der Waals surface area contributed by atoms with Crippen LogP contribution in [0.3, 0.4) is 0 Å². The van der Waals surface area contributed by atoms with Crippen LogP contribution >= 0.6 is 0 Å². The minimum absolute atomic E-state index is 0.228. The molecule has 0 saturated heterocycles. The van der Waals surface area contributed by atoms with Crippen molar-refractivity contribution in [1.29, 1.82) is 0 Å². The van der Waals surface area contributed by atoms with Crippen LogP contribution in [0.1, 0.15) is 51.0 Å². The van der Waals surface area contributed by atoms with E-state index in [0.717, 1.165) is 30.1 Å². The van der Waals surface area contributed by atoms with Gasteiger partial charge in [0.2, 0.25) is 0 Å². The quantitative estimate of drug-likeness (QED) is 0.776. The molecule has 1 fully saturated rings. The van der Waals surface area contributed by atoms with E-state index in [1.807, 2.05) is 12.1 Å². The van der Waals surface area contributed by atoms with Gasteiger partial charge in [-0.2, -0.15) is 0 Å². The van der Waals surface area contributed by atoms with Crippen molar-refractivity contribution in [1.82, 2.24) is 0 Å². The summed E-state index contributed by atoms with van der Waals surface area (Å²) in [7, 11) is 1.69. The molecule has 3 nitrogen and oxygen atoms in total. The largest absolute Gasteiger partial charge is 0.491 e. The molecule has 0 aliphatic heterocycles. The van der Waals surface area contributed by atoms with E-state index in [2.05, 4.69) is 19.1 Å². The predicted octanol–water partition coefficient (Wildman–Crippen LogP) is 3.86. The highest BCUT2D eigenvalue weighted by Gasteiger charge is 2.34. The van der Waals surface area contributed by atoms with Gasteiger partial charge < -0.3 is 15.2 Å². The van der Waals surface area contributed by atoms with Crippen LogP contribution in [0.25, 0.3) is 0 Å². The van der Waals surface area contributed by atoms with Crippen LogP contribution in [0.4, 0.5) is 0 Å². The molecule has 1 aliphatic carbocycles. The first-order valence-electron chi connectivity index (χ1n) is 8.19. The predicted molar refractivity (Wildman–Crippen MR) is 86.5 cm³/mol. The number of ether oxygens (including phenoxy) is 2. The Morgan fingerprint density at radius 2 is 1.90 bits per heavy atom. The molecule has 118 valence electrons. The number of methoxy groups -OCH3 is 1. The SMILES string of the molecule is CCCC1CCC(N)(c2ccccc2OCCOC)CC1. The molecule has 0 atom stereocenters. The third kappa shape index (κ3) is 4.21. The molecule has 0 bridgehead atoms. The van der Waals surface area contributed by atoms with E-state index in [9.17, 15) is 0 Å². The standard InChI is InChI=1S/C18H29NO2/c1-3-6-15-9-11-18(19,12-10-15)16-7-4-5-8-17(16)21-14-13-20-2/h4-5,7-8,15H,3,6,9-14,19H2,1-2H3. The Balaban J connectivity index is 2.06. The summed E-state index contributed by atoms with van der Waals surface area (Å²) in [5, 5.41) is 0. The lowest BCUT2D eigenvalue weighted by atomic mass is 9.72. The van der Waals surface area contributed by atoms with Crippen molar-refractivity contribution in [3.63, 3.8) is 0 Å². The number of benzene rings is 1. The lowest BCUT2D eigenvalue weighted by Crippen LogP contribution is -2.40. The van der Waals surface area contributed by atoms with Gasteiger partial charge in [-0.25, -0.2) is 0 Å². The van der Waals surface area contributed by atoms with Crippen molar-refractivity contribution in [3.05, 3.63) is 29.8 Å². The van der Waals surface area contributed by atoms with Crippen molar-refractivity contribution in [2.24, 2.45) is 11.7 Å². The highest BCUT2D eigenvalue weighted by Crippen LogP contribution is 2.42. The van der Waals surface area contributed by atoms with Gasteiger partial charge >= 0.3 is 0 Å². The van der Waals surface area contributed by atoms with Gasteiger partial charge in [-0.1, -0.05) is 38.0 Å². The number of nitrogens with two attached hydrogens (primary N) is 1. The molecule has 1 saturated carbocycles. The van der Waals surface area contributed by atoms with Crippen molar-refractivity contribution < 1.29 is 9.47 Å². The molecule has 2 rings (SSSR count). The fraction of sp³-hybridized carbons (Fsp3) is 0.667. The highest BCUT2D eigenvalue weighted by atomic mass is 16.5. The van der Waals surface area contributed by atoms with Crippen LogP contribution in [-0.2, 0) is 10.3 Å². The monoisotopic (exact) mass is 291 g/mol. The van der Waals surface area contributed by atoms with E-state index in [1.165, 1.54) is 25.7 Å². The molecule has 0 unspecified atom stereocenters. The van der Waals surface area contributed by atoms with Gasteiger partial charge in [0.05, 0.1) is 6.61 Å². The van der Waals surface area contributed by atoms with Gasteiger partial charge in [0.15, 0.2) is 0 Å². The number of rotatable bonds is 7. The van der Waals surface area contributed by atoms with E-state index in [0.29, 0.717) is 13.2 Å². The van der Waals surface area contributed by atoms with Crippen molar-refractivity contribution >= 4 is 0 Å². The van der Waals surface area contributed by atoms with Crippen LogP contribution in [-0.4, -0.2) is 20.3 Å². The first-order chi connectivity index (χ1) is 10.2. The zero-order valence-electron chi connectivity index (χ0n) is 13.4. The second-order valence-corrected chi connectivity index (χ2v) is 6.23. The summed E-state index contributed by atoms with van der Waals surface area (Å²) >= 11 is 0. The summed E-state index contributed by atoms with van der Waals surface area (Å²) in [6.45, 7) is 3.44. The van der Waals surface area contributed by atoms with Crippen LogP contribution < -0.4 is 10.5 Å². The first kappa shape index (κ1) is 16.3. The van der Waals surface area contributed by atoms with Crippen molar-refractivity contribution in [2.45, 2.75) is 51.0 Å². The average Bonchev–Trinajstić information content (AvgIpc) is 2.51. The Morgan fingerprint density at radius 1 is 1.19 bits per heavy atom. The smallest absolute Gasteiger partial charge is 0.124 e. The molecular formula is C18H29NO2. The van der Waals surface area contributed by atoms with Crippen LogP contribution in [0.5, 0.6) is 5.75 Å². The van der Waals surface area contributed by atoms with Gasteiger partial charge in [0, 0.05) is 18.2 Å². The van der Waals surface area contributed by atoms with Crippen molar-refractivity contribution in [3.8, 4) is 5.75 Å². The molecular weight excluding hydrogens is 262 g/mol. The molecule has 0 amide bonds. The Kier molecular flexibility index (Phi) is 6.07. The van der Waals surface area contributed by atoms with E-state index < -0.39 is 0 Å². The fourth-order valence-corrected chi connectivity index (χ4v) is 3.40. The number of hydrogen-bond acceptors (Lipinski definition) is 3. The summed E-state index contributed by atoms with van der Waals surface area (Å²) < 4.78 is 10.9. The normalized spacial score (nSPS) is 25.8. The van der Waals surface area contributed by atoms with Crippen molar-refractivity contribution in [2.75, 3.05) is 20.3 Å². The summed E-state index contributed by atoms with van der Waals surface area (Å²) in [6, 6.07) is 8.23. The van der Waals surface area contributed by atoms with Gasteiger partial charge in [-0.15, -0.1) is 0 Å². The van der Waals surface area contributed by atoms with Crippen LogP contribution in [0.15, 0.2) is 24.3 Å².